The molecule has 0 rings (SSSR count). The van der Waals surface area contributed by atoms with Crippen molar-refractivity contribution in [2.45, 2.75) is 52.0 Å². The zero-order chi connectivity index (χ0) is 12.6. The van der Waals surface area contributed by atoms with Crippen molar-refractivity contribution in [2.24, 2.45) is 11.7 Å². The van der Waals surface area contributed by atoms with Crippen molar-refractivity contribution >= 4 is 0 Å². The molecule has 0 aliphatic rings. The molecule has 0 spiro atoms. The molecule has 0 saturated carbocycles. The van der Waals surface area contributed by atoms with Gasteiger partial charge in [-0.05, 0) is 31.7 Å². The first-order valence-corrected chi connectivity index (χ1v) is 6.68. The van der Waals surface area contributed by atoms with E-state index in [2.05, 4.69) is 45.0 Å². The zero-order valence-electron chi connectivity index (χ0n) is 11.9. The highest BCUT2D eigenvalue weighted by Crippen LogP contribution is 2.23. The summed E-state index contributed by atoms with van der Waals surface area (Å²) >= 11 is 0. The largest absolute Gasteiger partial charge is 0.330 e. The fraction of sp³-hybridized carbons (Fsp3) is 1.00. The maximum atomic E-state index is 5.55. The summed E-state index contributed by atoms with van der Waals surface area (Å²) in [6.07, 6.45) is 6.23. The Hall–Kier alpha value is -0.120. The number of rotatable bonds is 9. The van der Waals surface area contributed by atoms with E-state index in [1.807, 2.05) is 0 Å². The van der Waals surface area contributed by atoms with Gasteiger partial charge in [-0.3, -0.25) is 0 Å². The smallest absolute Gasteiger partial charge is 0.0268 e. The van der Waals surface area contributed by atoms with Gasteiger partial charge in [-0.25, -0.2) is 10.0 Å². The highest BCUT2D eigenvalue weighted by Gasteiger charge is 2.23. The second-order valence-corrected chi connectivity index (χ2v) is 4.85. The molecule has 0 aromatic carbocycles. The quantitative estimate of drug-likeness (QED) is 0.486. The van der Waals surface area contributed by atoms with E-state index in [0.29, 0.717) is 6.04 Å². The van der Waals surface area contributed by atoms with Crippen molar-refractivity contribution in [1.82, 2.24) is 10.0 Å². The second-order valence-electron chi connectivity index (χ2n) is 4.85. The molecular formula is C13H31N3. The molecule has 98 valence electrons. The molecule has 2 unspecified atom stereocenters. The van der Waals surface area contributed by atoms with Gasteiger partial charge in [0.1, 0.15) is 0 Å². The molecule has 0 amide bonds. The van der Waals surface area contributed by atoms with Crippen LogP contribution in [0.2, 0.25) is 0 Å². The van der Waals surface area contributed by atoms with Gasteiger partial charge in [-0.1, -0.05) is 26.7 Å². The predicted octanol–water partition coefficient (Wildman–Crippen LogP) is 2.33. The predicted molar refractivity (Wildman–Crippen MR) is 72.2 cm³/mol. The lowest BCUT2D eigenvalue weighted by Crippen LogP contribution is -2.45. The third-order valence-corrected chi connectivity index (χ3v) is 3.63. The van der Waals surface area contributed by atoms with Crippen LogP contribution in [0.25, 0.3) is 0 Å². The molecule has 2 atom stereocenters. The number of hydrogen-bond donors (Lipinski definition) is 1. The van der Waals surface area contributed by atoms with E-state index in [1.54, 1.807) is 0 Å². The first-order chi connectivity index (χ1) is 7.58. The lowest BCUT2D eigenvalue weighted by molar-refractivity contribution is -0.0194. The van der Waals surface area contributed by atoms with Crippen LogP contribution in [0, 0.1) is 5.92 Å². The molecule has 0 aromatic heterocycles. The SMILES string of the molecule is CCC(CCCCN)C(CC)N(C)N(C)C. The van der Waals surface area contributed by atoms with E-state index in [9.17, 15) is 0 Å². The molecule has 2 N–H and O–H groups in total. The summed E-state index contributed by atoms with van der Waals surface area (Å²) in [7, 11) is 6.43. The third-order valence-electron chi connectivity index (χ3n) is 3.63. The standard InChI is InChI=1S/C13H31N3/c1-6-12(10-8-9-11-14)13(7-2)16(5)15(3)4/h12-13H,6-11,14H2,1-5H3. The van der Waals surface area contributed by atoms with Crippen LogP contribution in [-0.2, 0) is 0 Å². The molecule has 0 radical (unpaired) electrons. The van der Waals surface area contributed by atoms with Gasteiger partial charge in [0, 0.05) is 27.2 Å². The zero-order valence-corrected chi connectivity index (χ0v) is 11.9. The van der Waals surface area contributed by atoms with Crippen LogP contribution in [0.3, 0.4) is 0 Å². The lowest BCUT2D eigenvalue weighted by atomic mass is 9.89. The molecule has 0 bridgehead atoms. The topological polar surface area (TPSA) is 32.5 Å². The van der Waals surface area contributed by atoms with Gasteiger partial charge in [0.25, 0.3) is 0 Å². The molecule has 0 aromatic rings. The molecular weight excluding hydrogens is 198 g/mol. The monoisotopic (exact) mass is 229 g/mol. The highest BCUT2D eigenvalue weighted by molar-refractivity contribution is 4.74. The normalized spacial score (nSPS) is 15.8. The Morgan fingerprint density at radius 3 is 2.00 bits per heavy atom. The number of hydrogen-bond acceptors (Lipinski definition) is 3. The molecule has 0 fully saturated rings. The minimum absolute atomic E-state index is 0.665. The summed E-state index contributed by atoms with van der Waals surface area (Å²) in [5, 5.41) is 4.57. The van der Waals surface area contributed by atoms with Crippen molar-refractivity contribution < 1.29 is 0 Å². The van der Waals surface area contributed by atoms with Crippen molar-refractivity contribution in [3.63, 3.8) is 0 Å². The van der Waals surface area contributed by atoms with Crippen molar-refractivity contribution in [2.75, 3.05) is 27.7 Å². The van der Waals surface area contributed by atoms with Crippen molar-refractivity contribution in [3.8, 4) is 0 Å². The second kappa shape index (κ2) is 8.97. The first-order valence-electron chi connectivity index (χ1n) is 6.68. The van der Waals surface area contributed by atoms with E-state index in [1.165, 1.54) is 32.1 Å². The Balaban J connectivity index is 4.26. The number of nitrogens with zero attached hydrogens (tertiary/aromatic N) is 2. The Bertz CT molecular complexity index is 159. The van der Waals surface area contributed by atoms with Crippen LogP contribution in [0.1, 0.15) is 46.0 Å². The van der Waals surface area contributed by atoms with Gasteiger partial charge in [0.15, 0.2) is 0 Å². The average molecular weight is 229 g/mol. The number of nitrogens with two attached hydrogens (primary N) is 1. The Morgan fingerprint density at radius 1 is 1.00 bits per heavy atom. The van der Waals surface area contributed by atoms with Crippen molar-refractivity contribution in [3.05, 3.63) is 0 Å². The van der Waals surface area contributed by atoms with Gasteiger partial charge in [-0.15, -0.1) is 0 Å². The minimum Gasteiger partial charge on any atom is -0.330 e. The fourth-order valence-electron chi connectivity index (χ4n) is 2.42. The fourth-order valence-corrected chi connectivity index (χ4v) is 2.42. The molecule has 3 heteroatoms. The maximum Gasteiger partial charge on any atom is 0.0268 e. The summed E-state index contributed by atoms with van der Waals surface area (Å²) in [5.74, 6) is 0.795. The molecule has 0 aliphatic heterocycles. The van der Waals surface area contributed by atoms with Gasteiger partial charge in [0.05, 0.1) is 0 Å². The Kier molecular flexibility index (Phi) is 8.90. The van der Waals surface area contributed by atoms with Crippen LogP contribution in [-0.4, -0.2) is 43.7 Å². The van der Waals surface area contributed by atoms with Crippen LogP contribution in [0.15, 0.2) is 0 Å². The lowest BCUT2D eigenvalue weighted by Gasteiger charge is -2.37. The maximum absolute atomic E-state index is 5.55. The summed E-state index contributed by atoms with van der Waals surface area (Å²) in [6.45, 7) is 5.42. The molecule has 0 aliphatic carbocycles. The Labute approximate surface area is 102 Å². The van der Waals surface area contributed by atoms with Gasteiger partial charge >= 0.3 is 0 Å². The number of hydrazine groups is 1. The highest BCUT2D eigenvalue weighted by atomic mass is 15.6. The van der Waals surface area contributed by atoms with E-state index in [0.717, 1.165) is 12.5 Å². The average Bonchev–Trinajstić information content (AvgIpc) is 2.27. The van der Waals surface area contributed by atoms with Crippen molar-refractivity contribution in [1.29, 1.82) is 0 Å². The summed E-state index contributed by atoms with van der Waals surface area (Å²) in [4.78, 5) is 0. The summed E-state index contributed by atoms with van der Waals surface area (Å²) < 4.78 is 0. The van der Waals surface area contributed by atoms with Crippen LogP contribution >= 0.6 is 0 Å². The molecule has 0 saturated heterocycles. The first kappa shape index (κ1) is 15.9. The summed E-state index contributed by atoms with van der Waals surface area (Å²) in [6, 6.07) is 0.665. The summed E-state index contributed by atoms with van der Waals surface area (Å²) in [5.41, 5.74) is 5.55. The van der Waals surface area contributed by atoms with Gasteiger partial charge in [0.2, 0.25) is 0 Å². The van der Waals surface area contributed by atoms with Gasteiger partial charge in [-0.2, -0.15) is 0 Å². The third kappa shape index (κ3) is 5.28. The number of unbranched alkanes of at least 4 members (excludes halogenated alkanes) is 1. The molecule has 0 heterocycles. The van der Waals surface area contributed by atoms with Crippen LogP contribution in [0.5, 0.6) is 0 Å². The minimum atomic E-state index is 0.665. The molecule has 3 nitrogen and oxygen atoms in total. The molecule has 16 heavy (non-hydrogen) atoms. The van der Waals surface area contributed by atoms with Crippen LogP contribution in [0.4, 0.5) is 0 Å². The van der Waals surface area contributed by atoms with Gasteiger partial charge < -0.3 is 5.73 Å². The van der Waals surface area contributed by atoms with E-state index >= 15 is 0 Å². The van der Waals surface area contributed by atoms with E-state index < -0.39 is 0 Å². The van der Waals surface area contributed by atoms with E-state index in [-0.39, 0.29) is 0 Å². The van der Waals surface area contributed by atoms with E-state index in [4.69, 9.17) is 5.73 Å². The van der Waals surface area contributed by atoms with Crippen LogP contribution < -0.4 is 5.73 Å². The Morgan fingerprint density at radius 2 is 1.62 bits per heavy atom.